The van der Waals surface area contributed by atoms with Crippen LogP contribution in [0.4, 0.5) is 27.8 Å². The number of halogens is 5. The molecule has 5 rings (SSSR count). The molecule has 208 valence electrons. The molecule has 0 bridgehead atoms. The van der Waals surface area contributed by atoms with E-state index in [-0.39, 0.29) is 47.0 Å². The Labute approximate surface area is 223 Å². The van der Waals surface area contributed by atoms with Crippen LogP contribution in [0, 0.1) is 19.7 Å². The number of hydrogen-bond acceptors (Lipinski definition) is 6. The molecule has 1 aromatic carbocycles. The highest BCUT2D eigenvalue weighted by molar-refractivity contribution is 5.97. The maximum atomic E-state index is 14.9. The third-order valence-electron chi connectivity index (χ3n) is 6.74. The van der Waals surface area contributed by atoms with Gasteiger partial charge in [0.15, 0.2) is 5.82 Å². The molecular weight excluding hydrogens is 537 g/mol. The summed E-state index contributed by atoms with van der Waals surface area (Å²) in [4.78, 5) is 35.1. The number of amides is 2. The number of alkyl halides is 4. The molecule has 2 atom stereocenters. The normalized spacial score (nSPS) is 17.4. The van der Waals surface area contributed by atoms with Crippen LogP contribution < -0.4 is 11.1 Å². The summed E-state index contributed by atoms with van der Waals surface area (Å²) in [5.41, 5.74) is 5.00. The number of nitrogens with zero attached hydrogens (tertiary/aromatic N) is 5. The number of aryl methyl sites for hydroxylation is 2. The summed E-state index contributed by atoms with van der Waals surface area (Å²) in [6.07, 6.45) is -5.36. The van der Waals surface area contributed by atoms with Crippen molar-refractivity contribution in [3.8, 4) is 11.3 Å². The number of nitrogens with one attached hydrogen (secondary N) is 1. The van der Waals surface area contributed by atoms with E-state index >= 15 is 0 Å². The molecule has 1 fully saturated rings. The van der Waals surface area contributed by atoms with Crippen molar-refractivity contribution in [1.29, 1.82) is 0 Å². The highest BCUT2D eigenvalue weighted by Crippen LogP contribution is 2.39. The van der Waals surface area contributed by atoms with Gasteiger partial charge in [0.2, 0.25) is 0 Å². The second-order valence-electron chi connectivity index (χ2n) is 9.42. The number of rotatable bonds is 4. The monoisotopic (exact) mass is 559 g/mol. The van der Waals surface area contributed by atoms with Crippen molar-refractivity contribution in [1.82, 2.24) is 29.8 Å². The molecule has 3 N–H and O–H groups in total. The fraction of sp³-hybridized carbons (Fsp3) is 0.269. The molecule has 0 saturated carbocycles. The number of likely N-dealkylation sites (tertiary alicyclic amines) is 1. The summed E-state index contributed by atoms with van der Waals surface area (Å²) in [6, 6.07) is 6.11. The van der Waals surface area contributed by atoms with Crippen LogP contribution in [-0.4, -0.2) is 61.6 Å². The summed E-state index contributed by atoms with van der Waals surface area (Å²) in [7, 11) is 0. The van der Waals surface area contributed by atoms with Gasteiger partial charge in [-0.2, -0.15) is 18.3 Å². The molecule has 4 aromatic rings. The zero-order valence-electron chi connectivity index (χ0n) is 21.1. The zero-order chi connectivity index (χ0) is 28.9. The molecule has 0 radical (unpaired) electrons. The van der Waals surface area contributed by atoms with Gasteiger partial charge in [-0.15, -0.1) is 0 Å². The van der Waals surface area contributed by atoms with E-state index in [1.165, 1.54) is 36.1 Å². The minimum Gasteiger partial charge on any atom is -0.382 e. The number of carbonyl (C=O) groups is 2. The molecule has 1 saturated heterocycles. The molecule has 1 aliphatic heterocycles. The first-order valence-electron chi connectivity index (χ1n) is 12.0. The second kappa shape index (κ2) is 9.84. The highest BCUT2D eigenvalue weighted by Gasteiger charge is 2.38. The SMILES string of the molecule is Cc1nc(C)c(-c2cc(C(F)(F)F)c3c(N)ncnn23)cc1C(=O)N[C@@H]1CN(C(=O)c2cccc(F)c2)C[C@@H]1F. The highest BCUT2D eigenvalue weighted by atomic mass is 19.4. The van der Waals surface area contributed by atoms with Gasteiger partial charge in [0.25, 0.3) is 11.8 Å². The smallest absolute Gasteiger partial charge is 0.382 e. The van der Waals surface area contributed by atoms with Crippen LogP contribution in [0.25, 0.3) is 16.8 Å². The summed E-state index contributed by atoms with van der Waals surface area (Å²) in [6.45, 7) is 2.62. The molecule has 1 aliphatic rings. The number of anilines is 1. The molecule has 0 spiro atoms. The van der Waals surface area contributed by atoms with Crippen LogP contribution in [-0.2, 0) is 6.18 Å². The number of pyridine rings is 1. The molecule has 2 amide bonds. The lowest BCUT2D eigenvalue weighted by Crippen LogP contribution is -2.42. The van der Waals surface area contributed by atoms with Gasteiger partial charge in [0.1, 0.15) is 23.8 Å². The Hall–Kier alpha value is -4.62. The molecular formula is C26H22F5N7O2. The Morgan fingerprint density at radius 1 is 1.10 bits per heavy atom. The minimum absolute atomic E-state index is 0.00626. The van der Waals surface area contributed by atoms with E-state index < -0.39 is 47.1 Å². The number of carbonyl (C=O) groups excluding carboxylic acids is 2. The van der Waals surface area contributed by atoms with Gasteiger partial charge in [-0.05, 0) is 44.2 Å². The van der Waals surface area contributed by atoms with E-state index in [4.69, 9.17) is 5.73 Å². The van der Waals surface area contributed by atoms with Crippen molar-refractivity contribution in [2.45, 2.75) is 32.2 Å². The summed E-state index contributed by atoms with van der Waals surface area (Å²) >= 11 is 0. The van der Waals surface area contributed by atoms with Crippen LogP contribution in [0.1, 0.15) is 37.7 Å². The fourth-order valence-electron chi connectivity index (χ4n) is 4.81. The van der Waals surface area contributed by atoms with Gasteiger partial charge >= 0.3 is 6.18 Å². The standard InChI is InChI=1S/C26H22F5N7O2/c1-12-16(21-8-18(26(29,30)31)22-23(32)33-11-34-38(21)22)7-17(13(2)35-12)24(39)36-20-10-37(9-19(20)28)25(40)14-4-3-5-15(27)6-14/h3-8,11,19-20H,9-10H2,1-2H3,(H,36,39)(H2,32,33,34)/t19-,20+/m0/s1. The van der Waals surface area contributed by atoms with Crippen LogP contribution in [0.2, 0.25) is 0 Å². The molecule has 3 aromatic heterocycles. The Bertz CT molecular complexity index is 1650. The van der Waals surface area contributed by atoms with Gasteiger partial charge in [-0.3, -0.25) is 14.6 Å². The zero-order valence-corrected chi connectivity index (χ0v) is 21.1. The average molecular weight is 559 g/mol. The Morgan fingerprint density at radius 3 is 2.55 bits per heavy atom. The van der Waals surface area contributed by atoms with Crippen molar-refractivity contribution in [2.75, 3.05) is 18.8 Å². The number of benzene rings is 1. The molecule has 14 heteroatoms. The molecule has 4 heterocycles. The van der Waals surface area contributed by atoms with E-state index in [9.17, 15) is 31.5 Å². The van der Waals surface area contributed by atoms with Crippen LogP contribution in [0.15, 0.2) is 42.7 Å². The summed E-state index contributed by atoms with van der Waals surface area (Å²) in [5, 5.41) is 6.48. The third kappa shape index (κ3) is 4.80. The van der Waals surface area contributed by atoms with E-state index in [1.54, 1.807) is 6.92 Å². The van der Waals surface area contributed by atoms with E-state index in [0.29, 0.717) is 5.69 Å². The minimum atomic E-state index is -4.76. The molecule has 40 heavy (non-hydrogen) atoms. The van der Waals surface area contributed by atoms with Crippen molar-refractivity contribution in [3.63, 3.8) is 0 Å². The van der Waals surface area contributed by atoms with Gasteiger partial charge in [-0.1, -0.05) is 6.07 Å². The molecule has 9 nitrogen and oxygen atoms in total. The number of nitrogen functional groups attached to an aromatic ring is 1. The number of aromatic nitrogens is 4. The first-order chi connectivity index (χ1) is 18.8. The third-order valence-corrected chi connectivity index (χ3v) is 6.74. The predicted molar refractivity (Wildman–Crippen MR) is 134 cm³/mol. The van der Waals surface area contributed by atoms with Crippen molar-refractivity contribution in [3.05, 3.63) is 76.6 Å². The van der Waals surface area contributed by atoms with Gasteiger partial charge in [0, 0.05) is 23.4 Å². The largest absolute Gasteiger partial charge is 0.418 e. The number of hydrogen-bond donors (Lipinski definition) is 2. The van der Waals surface area contributed by atoms with Crippen LogP contribution in [0.5, 0.6) is 0 Å². The Balaban J connectivity index is 1.44. The van der Waals surface area contributed by atoms with Crippen molar-refractivity contribution < 1.29 is 31.5 Å². The Morgan fingerprint density at radius 2 is 1.85 bits per heavy atom. The van der Waals surface area contributed by atoms with Crippen molar-refractivity contribution in [2.24, 2.45) is 0 Å². The second-order valence-corrected chi connectivity index (χ2v) is 9.42. The van der Waals surface area contributed by atoms with E-state index in [1.807, 2.05) is 0 Å². The Kier molecular flexibility index (Phi) is 6.64. The van der Waals surface area contributed by atoms with E-state index in [0.717, 1.165) is 23.0 Å². The first-order valence-corrected chi connectivity index (χ1v) is 12.0. The lowest BCUT2D eigenvalue weighted by atomic mass is 10.0. The quantitative estimate of drug-likeness (QED) is 0.368. The maximum absolute atomic E-state index is 14.9. The summed E-state index contributed by atoms with van der Waals surface area (Å²) in [5.74, 6) is -2.31. The predicted octanol–water partition coefficient (Wildman–Crippen LogP) is 3.74. The van der Waals surface area contributed by atoms with Gasteiger partial charge in [0.05, 0.1) is 35.1 Å². The average Bonchev–Trinajstić information content (AvgIpc) is 3.45. The maximum Gasteiger partial charge on any atom is 0.418 e. The van der Waals surface area contributed by atoms with Crippen molar-refractivity contribution >= 4 is 23.1 Å². The number of fused-ring (bicyclic) bond motifs is 1. The topological polar surface area (TPSA) is 119 Å². The van der Waals surface area contributed by atoms with Gasteiger partial charge < -0.3 is 16.0 Å². The lowest BCUT2D eigenvalue weighted by Gasteiger charge is -2.18. The van der Waals surface area contributed by atoms with Crippen LogP contribution in [0.3, 0.4) is 0 Å². The fourth-order valence-corrected chi connectivity index (χ4v) is 4.81. The molecule has 0 unspecified atom stereocenters. The summed E-state index contributed by atoms with van der Waals surface area (Å²) < 4.78 is 70.8. The van der Waals surface area contributed by atoms with Gasteiger partial charge in [-0.25, -0.2) is 18.3 Å². The lowest BCUT2D eigenvalue weighted by molar-refractivity contribution is -0.136. The van der Waals surface area contributed by atoms with E-state index in [2.05, 4.69) is 20.4 Å². The number of nitrogens with two attached hydrogens (primary N) is 1. The molecule has 0 aliphatic carbocycles. The first kappa shape index (κ1) is 27.0. The van der Waals surface area contributed by atoms with Crippen LogP contribution >= 0.6 is 0 Å².